The maximum atomic E-state index is 12.2. The van der Waals surface area contributed by atoms with E-state index in [0.29, 0.717) is 12.5 Å². The third-order valence-corrected chi connectivity index (χ3v) is 4.63. The Bertz CT molecular complexity index is 675. The van der Waals surface area contributed by atoms with Gasteiger partial charge in [0.05, 0.1) is 22.5 Å². The molecule has 0 amide bonds. The Morgan fingerprint density at radius 1 is 1.45 bits per heavy atom. The first-order valence-electron chi connectivity index (χ1n) is 7.01. The molecular formula is C14H16N4OS. The fraction of sp³-hybridized carbons (Fsp3) is 0.500. The molecule has 1 aliphatic heterocycles. The summed E-state index contributed by atoms with van der Waals surface area (Å²) in [7, 11) is 0. The molecule has 2 aromatic heterocycles. The van der Waals surface area contributed by atoms with Gasteiger partial charge < -0.3 is 4.98 Å². The number of aromatic nitrogens is 3. The molecule has 4 rings (SSSR count). The summed E-state index contributed by atoms with van der Waals surface area (Å²) in [6, 6.07) is 0. The van der Waals surface area contributed by atoms with Crippen molar-refractivity contribution in [1.82, 2.24) is 19.9 Å². The van der Waals surface area contributed by atoms with E-state index in [4.69, 9.17) is 0 Å². The average Bonchev–Trinajstić information content (AvgIpc) is 3.18. The van der Waals surface area contributed by atoms with Crippen LogP contribution in [0.1, 0.15) is 41.5 Å². The first-order valence-corrected chi connectivity index (χ1v) is 7.95. The van der Waals surface area contributed by atoms with Gasteiger partial charge in [0, 0.05) is 37.4 Å². The summed E-state index contributed by atoms with van der Waals surface area (Å²) in [6.45, 7) is 2.44. The quantitative estimate of drug-likeness (QED) is 0.933. The SMILES string of the molecule is O=c1[nH]c(C2CC2)nc2c1CN(Cc1cscn1)CC2. The summed E-state index contributed by atoms with van der Waals surface area (Å²) < 4.78 is 0. The molecule has 1 N–H and O–H groups in total. The smallest absolute Gasteiger partial charge is 0.255 e. The third-order valence-electron chi connectivity index (χ3n) is 4.00. The Hall–Kier alpha value is -1.53. The van der Waals surface area contributed by atoms with E-state index in [1.54, 1.807) is 11.3 Å². The largest absolute Gasteiger partial charge is 0.310 e. The van der Waals surface area contributed by atoms with E-state index in [0.717, 1.165) is 55.1 Å². The van der Waals surface area contributed by atoms with Crippen molar-refractivity contribution in [3.8, 4) is 0 Å². The van der Waals surface area contributed by atoms with Gasteiger partial charge in [0.2, 0.25) is 0 Å². The fourth-order valence-corrected chi connectivity index (χ4v) is 3.28. The molecule has 2 aromatic rings. The van der Waals surface area contributed by atoms with Crippen LogP contribution in [0.15, 0.2) is 15.7 Å². The first kappa shape index (κ1) is 12.2. The highest BCUT2D eigenvalue weighted by Crippen LogP contribution is 2.37. The van der Waals surface area contributed by atoms with Crippen LogP contribution < -0.4 is 5.56 Å². The number of thiazole rings is 1. The number of aromatic amines is 1. The molecule has 0 bridgehead atoms. The predicted octanol–water partition coefficient (Wildman–Crippen LogP) is 1.66. The highest BCUT2D eigenvalue weighted by Gasteiger charge is 2.29. The summed E-state index contributed by atoms with van der Waals surface area (Å²) in [6.07, 6.45) is 3.19. The van der Waals surface area contributed by atoms with Crippen LogP contribution in [0.25, 0.3) is 0 Å². The van der Waals surface area contributed by atoms with Gasteiger partial charge >= 0.3 is 0 Å². The predicted molar refractivity (Wildman–Crippen MR) is 76.8 cm³/mol. The van der Waals surface area contributed by atoms with Gasteiger partial charge in [-0.1, -0.05) is 0 Å². The molecule has 2 aliphatic rings. The van der Waals surface area contributed by atoms with Crippen LogP contribution in [0.2, 0.25) is 0 Å². The van der Waals surface area contributed by atoms with Crippen LogP contribution in [-0.2, 0) is 19.5 Å². The Morgan fingerprint density at radius 3 is 3.10 bits per heavy atom. The summed E-state index contributed by atoms with van der Waals surface area (Å²) in [5, 5.41) is 2.06. The molecule has 0 saturated heterocycles. The van der Waals surface area contributed by atoms with Gasteiger partial charge in [0.15, 0.2) is 0 Å². The molecule has 0 atom stereocenters. The third kappa shape index (κ3) is 2.29. The average molecular weight is 288 g/mol. The van der Waals surface area contributed by atoms with Crippen LogP contribution in [0.3, 0.4) is 0 Å². The molecule has 6 heteroatoms. The van der Waals surface area contributed by atoms with E-state index in [1.807, 2.05) is 5.51 Å². The van der Waals surface area contributed by atoms with Crippen LogP contribution in [0, 0.1) is 0 Å². The zero-order valence-electron chi connectivity index (χ0n) is 11.1. The standard InChI is InChI=1S/C14H16N4OS/c19-14-11-6-18(5-10-7-20-8-15-10)4-3-12(11)16-13(17-14)9-1-2-9/h7-9H,1-6H2,(H,16,17,19). The van der Waals surface area contributed by atoms with E-state index in [-0.39, 0.29) is 5.56 Å². The summed E-state index contributed by atoms with van der Waals surface area (Å²) in [5.74, 6) is 1.41. The topological polar surface area (TPSA) is 61.9 Å². The van der Waals surface area contributed by atoms with E-state index in [1.165, 1.54) is 0 Å². The van der Waals surface area contributed by atoms with Crippen molar-refractivity contribution in [2.24, 2.45) is 0 Å². The van der Waals surface area contributed by atoms with Crippen molar-refractivity contribution in [2.75, 3.05) is 6.54 Å². The first-order chi connectivity index (χ1) is 9.79. The normalized spacial score (nSPS) is 19.0. The Balaban J connectivity index is 1.58. The lowest BCUT2D eigenvalue weighted by Crippen LogP contribution is -2.35. The molecule has 1 aliphatic carbocycles. The minimum Gasteiger partial charge on any atom is -0.310 e. The zero-order chi connectivity index (χ0) is 13.5. The van der Waals surface area contributed by atoms with Gasteiger partial charge in [-0.2, -0.15) is 0 Å². The van der Waals surface area contributed by atoms with Crippen LogP contribution >= 0.6 is 11.3 Å². The van der Waals surface area contributed by atoms with Crippen LogP contribution in [0.4, 0.5) is 0 Å². The molecule has 1 fully saturated rings. The molecule has 1 saturated carbocycles. The maximum Gasteiger partial charge on any atom is 0.255 e. The lowest BCUT2D eigenvalue weighted by atomic mass is 10.1. The lowest BCUT2D eigenvalue weighted by molar-refractivity contribution is 0.239. The number of nitrogens with zero attached hydrogens (tertiary/aromatic N) is 3. The second-order valence-electron chi connectivity index (χ2n) is 5.59. The van der Waals surface area contributed by atoms with Crippen LogP contribution in [-0.4, -0.2) is 26.4 Å². The molecule has 104 valence electrons. The molecule has 20 heavy (non-hydrogen) atoms. The summed E-state index contributed by atoms with van der Waals surface area (Å²) >= 11 is 1.61. The molecule has 0 unspecified atom stereocenters. The van der Waals surface area contributed by atoms with Crippen molar-refractivity contribution in [1.29, 1.82) is 0 Å². The number of H-pyrrole nitrogens is 1. The van der Waals surface area contributed by atoms with E-state index >= 15 is 0 Å². The molecule has 5 nitrogen and oxygen atoms in total. The van der Waals surface area contributed by atoms with Crippen molar-refractivity contribution >= 4 is 11.3 Å². The Kier molecular flexibility index (Phi) is 2.93. The summed E-state index contributed by atoms with van der Waals surface area (Å²) in [4.78, 5) is 26.4. The second-order valence-corrected chi connectivity index (χ2v) is 6.31. The van der Waals surface area contributed by atoms with E-state index in [2.05, 4.69) is 25.2 Å². The zero-order valence-corrected chi connectivity index (χ0v) is 11.9. The number of fused-ring (bicyclic) bond motifs is 1. The minimum atomic E-state index is 0.0554. The van der Waals surface area contributed by atoms with Gasteiger partial charge in [0.1, 0.15) is 5.82 Å². The van der Waals surface area contributed by atoms with Crippen molar-refractivity contribution in [2.45, 2.75) is 38.3 Å². The lowest BCUT2D eigenvalue weighted by Gasteiger charge is -2.27. The van der Waals surface area contributed by atoms with Gasteiger partial charge in [0.25, 0.3) is 5.56 Å². The van der Waals surface area contributed by atoms with Gasteiger partial charge in [-0.15, -0.1) is 11.3 Å². The molecule has 0 spiro atoms. The van der Waals surface area contributed by atoms with E-state index < -0.39 is 0 Å². The van der Waals surface area contributed by atoms with Gasteiger partial charge in [-0.05, 0) is 12.8 Å². The molecule has 0 aromatic carbocycles. The molecule has 0 radical (unpaired) electrons. The minimum absolute atomic E-state index is 0.0554. The highest BCUT2D eigenvalue weighted by atomic mass is 32.1. The highest BCUT2D eigenvalue weighted by molar-refractivity contribution is 7.07. The Labute approximate surface area is 120 Å². The fourth-order valence-electron chi connectivity index (χ4n) is 2.73. The van der Waals surface area contributed by atoms with Crippen LogP contribution in [0.5, 0.6) is 0 Å². The summed E-state index contributed by atoms with van der Waals surface area (Å²) in [5.41, 5.74) is 4.84. The number of hydrogen-bond donors (Lipinski definition) is 1. The maximum absolute atomic E-state index is 12.2. The van der Waals surface area contributed by atoms with Crippen molar-refractivity contribution in [3.63, 3.8) is 0 Å². The van der Waals surface area contributed by atoms with Gasteiger partial charge in [-0.25, -0.2) is 9.97 Å². The van der Waals surface area contributed by atoms with Crippen molar-refractivity contribution in [3.05, 3.63) is 44.0 Å². The Morgan fingerprint density at radius 2 is 2.35 bits per heavy atom. The van der Waals surface area contributed by atoms with Crippen molar-refractivity contribution < 1.29 is 0 Å². The second kappa shape index (κ2) is 4.79. The molecular weight excluding hydrogens is 272 g/mol. The van der Waals surface area contributed by atoms with Gasteiger partial charge in [-0.3, -0.25) is 9.69 Å². The number of hydrogen-bond acceptors (Lipinski definition) is 5. The molecule has 3 heterocycles. The number of rotatable bonds is 3. The number of nitrogens with one attached hydrogen (secondary N) is 1. The van der Waals surface area contributed by atoms with E-state index in [9.17, 15) is 4.79 Å². The monoisotopic (exact) mass is 288 g/mol.